The minimum atomic E-state index is 0. The van der Waals surface area contributed by atoms with E-state index in [0.717, 1.165) is 19.6 Å². The highest BCUT2D eigenvalue weighted by Crippen LogP contribution is 2.18. The molecule has 1 aromatic rings. The Hall–Kier alpha value is -0.570. The molecular weight excluding hydrogens is 244 g/mol. The first-order valence-corrected chi connectivity index (χ1v) is 6.29. The Labute approximate surface area is 118 Å². The van der Waals surface area contributed by atoms with Gasteiger partial charge in [-0.25, -0.2) is 0 Å². The zero-order chi connectivity index (χ0) is 13.1. The third-order valence-corrected chi connectivity index (χ3v) is 3.41. The Kier molecular flexibility index (Phi) is 6.90. The van der Waals surface area contributed by atoms with Gasteiger partial charge < -0.3 is 10.6 Å². The maximum atomic E-state index is 5.78. The van der Waals surface area contributed by atoms with Gasteiger partial charge in [0.15, 0.2) is 0 Å². The number of rotatable bonds is 5. The number of nitrogens with two attached hydrogens (primary N) is 1. The van der Waals surface area contributed by atoms with Crippen LogP contribution in [0.3, 0.4) is 0 Å². The van der Waals surface area contributed by atoms with Crippen LogP contribution in [-0.4, -0.2) is 25.0 Å². The molecule has 0 unspecified atom stereocenters. The van der Waals surface area contributed by atoms with Crippen molar-refractivity contribution in [1.82, 2.24) is 4.90 Å². The van der Waals surface area contributed by atoms with E-state index in [9.17, 15) is 0 Å². The van der Waals surface area contributed by atoms with E-state index in [1.54, 1.807) is 0 Å². The molecule has 0 heterocycles. The van der Waals surface area contributed by atoms with Gasteiger partial charge in [-0.2, -0.15) is 0 Å². The van der Waals surface area contributed by atoms with Gasteiger partial charge in [0.2, 0.25) is 0 Å². The van der Waals surface area contributed by atoms with Gasteiger partial charge in [0.05, 0.1) is 0 Å². The summed E-state index contributed by atoms with van der Waals surface area (Å²) in [5, 5.41) is 0. The second-order valence-electron chi connectivity index (χ2n) is 5.90. The SMILES string of the molecule is Cc1cccc(CN(C)CC(C)(C)CN)c1C.Cl. The average molecular weight is 271 g/mol. The molecule has 0 saturated heterocycles. The molecule has 0 aliphatic rings. The van der Waals surface area contributed by atoms with Crippen LogP contribution in [0.15, 0.2) is 18.2 Å². The largest absolute Gasteiger partial charge is 0.330 e. The lowest BCUT2D eigenvalue weighted by Crippen LogP contribution is -2.36. The van der Waals surface area contributed by atoms with Crippen LogP contribution >= 0.6 is 12.4 Å². The lowest BCUT2D eigenvalue weighted by molar-refractivity contribution is 0.209. The molecule has 18 heavy (non-hydrogen) atoms. The molecule has 0 spiro atoms. The molecule has 0 aliphatic carbocycles. The molecule has 1 aromatic carbocycles. The molecule has 0 bridgehead atoms. The Balaban J connectivity index is 0.00000289. The highest BCUT2D eigenvalue weighted by atomic mass is 35.5. The summed E-state index contributed by atoms with van der Waals surface area (Å²) in [6.45, 7) is 11.5. The van der Waals surface area contributed by atoms with Gasteiger partial charge in [-0.3, -0.25) is 0 Å². The van der Waals surface area contributed by atoms with E-state index in [2.05, 4.69) is 57.8 Å². The van der Waals surface area contributed by atoms with Crippen molar-refractivity contribution in [3.63, 3.8) is 0 Å². The third kappa shape index (κ3) is 4.97. The van der Waals surface area contributed by atoms with Gasteiger partial charge >= 0.3 is 0 Å². The monoisotopic (exact) mass is 270 g/mol. The van der Waals surface area contributed by atoms with Crippen LogP contribution in [0.4, 0.5) is 0 Å². The fourth-order valence-corrected chi connectivity index (χ4v) is 2.13. The van der Waals surface area contributed by atoms with Crippen LogP contribution < -0.4 is 5.73 Å². The molecule has 0 fully saturated rings. The van der Waals surface area contributed by atoms with Crippen LogP contribution in [0.25, 0.3) is 0 Å². The summed E-state index contributed by atoms with van der Waals surface area (Å²) in [6, 6.07) is 6.52. The number of halogens is 1. The van der Waals surface area contributed by atoms with Crippen LogP contribution in [0.1, 0.15) is 30.5 Å². The standard InChI is InChI=1S/C15H26N2.ClH/c1-12-7-6-8-14(13(12)2)9-17(5)11-15(3,4)10-16;/h6-8H,9-11,16H2,1-5H3;1H. The summed E-state index contributed by atoms with van der Waals surface area (Å²) >= 11 is 0. The first-order valence-electron chi connectivity index (χ1n) is 6.29. The minimum Gasteiger partial charge on any atom is -0.330 e. The van der Waals surface area contributed by atoms with E-state index in [0.29, 0.717) is 0 Å². The first-order chi connectivity index (χ1) is 7.85. The van der Waals surface area contributed by atoms with E-state index in [-0.39, 0.29) is 17.8 Å². The van der Waals surface area contributed by atoms with E-state index in [1.165, 1.54) is 16.7 Å². The van der Waals surface area contributed by atoms with Crippen molar-refractivity contribution >= 4 is 12.4 Å². The quantitative estimate of drug-likeness (QED) is 0.891. The molecule has 0 atom stereocenters. The maximum absolute atomic E-state index is 5.78. The van der Waals surface area contributed by atoms with E-state index >= 15 is 0 Å². The smallest absolute Gasteiger partial charge is 0.0233 e. The predicted octanol–water partition coefficient (Wildman–Crippen LogP) is 3.14. The second-order valence-corrected chi connectivity index (χ2v) is 5.90. The zero-order valence-electron chi connectivity index (χ0n) is 12.3. The van der Waals surface area contributed by atoms with Gasteiger partial charge in [0, 0.05) is 13.1 Å². The van der Waals surface area contributed by atoms with Crippen molar-refractivity contribution in [3.8, 4) is 0 Å². The molecule has 0 amide bonds. The van der Waals surface area contributed by atoms with Crippen LogP contribution in [0.2, 0.25) is 0 Å². The normalized spacial score (nSPS) is 11.5. The van der Waals surface area contributed by atoms with Crippen LogP contribution in [0.5, 0.6) is 0 Å². The van der Waals surface area contributed by atoms with Crippen LogP contribution in [-0.2, 0) is 6.54 Å². The topological polar surface area (TPSA) is 29.3 Å². The molecule has 0 saturated carbocycles. The summed E-state index contributed by atoms with van der Waals surface area (Å²) in [5.74, 6) is 0. The lowest BCUT2D eigenvalue weighted by Gasteiger charge is -2.29. The fourth-order valence-electron chi connectivity index (χ4n) is 2.13. The lowest BCUT2D eigenvalue weighted by atomic mass is 9.93. The highest BCUT2D eigenvalue weighted by molar-refractivity contribution is 5.85. The number of nitrogens with zero attached hydrogens (tertiary/aromatic N) is 1. The Bertz CT molecular complexity index is 375. The summed E-state index contributed by atoms with van der Waals surface area (Å²) in [5.41, 5.74) is 10.2. The molecular formula is C15H27ClN2. The van der Waals surface area contributed by atoms with Crippen molar-refractivity contribution in [2.45, 2.75) is 34.2 Å². The number of aryl methyl sites for hydroxylation is 1. The molecule has 0 radical (unpaired) electrons. The van der Waals surface area contributed by atoms with Crippen molar-refractivity contribution in [1.29, 1.82) is 0 Å². The van der Waals surface area contributed by atoms with Crippen molar-refractivity contribution in [2.75, 3.05) is 20.1 Å². The molecule has 3 heteroatoms. The Morgan fingerprint density at radius 2 is 1.83 bits per heavy atom. The predicted molar refractivity (Wildman–Crippen MR) is 82.3 cm³/mol. The van der Waals surface area contributed by atoms with Gasteiger partial charge in [-0.1, -0.05) is 32.0 Å². The molecule has 1 rings (SSSR count). The van der Waals surface area contributed by atoms with Gasteiger partial charge in [-0.15, -0.1) is 12.4 Å². The van der Waals surface area contributed by atoms with Crippen molar-refractivity contribution < 1.29 is 0 Å². The first kappa shape index (κ1) is 17.4. The van der Waals surface area contributed by atoms with Crippen molar-refractivity contribution in [2.24, 2.45) is 11.1 Å². The van der Waals surface area contributed by atoms with E-state index < -0.39 is 0 Å². The Morgan fingerprint density at radius 3 is 2.39 bits per heavy atom. The molecule has 0 aliphatic heterocycles. The molecule has 2 N–H and O–H groups in total. The number of hydrogen-bond acceptors (Lipinski definition) is 2. The van der Waals surface area contributed by atoms with Crippen LogP contribution in [0, 0.1) is 19.3 Å². The van der Waals surface area contributed by atoms with E-state index in [4.69, 9.17) is 5.73 Å². The fraction of sp³-hybridized carbons (Fsp3) is 0.600. The van der Waals surface area contributed by atoms with E-state index in [1.807, 2.05) is 0 Å². The average Bonchev–Trinajstić information content (AvgIpc) is 2.24. The summed E-state index contributed by atoms with van der Waals surface area (Å²) in [4.78, 5) is 2.36. The third-order valence-electron chi connectivity index (χ3n) is 3.41. The summed E-state index contributed by atoms with van der Waals surface area (Å²) in [7, 11) is 2.17. The van der Waals surface area contributed by atoms with Crippen molar-refractivity contribution in [3.05, 3.63) is 34.9 Å². The summed E-state index contributed by atoms with van der Waals surface area (Å²) < 4.78 is 0. The maximum Gasteiger partial charge on any atom is 0.0233 e. The number of benzene rings is 1. The molecule has 0 aromatic heterocycles. The zero-order valence-corrected chi connectivity index (χ0v) is 13.1. The summed E-state index contributed by atoms with van der Waals surface area (Å²) in [6.07, 6.45) is 0. The second kappa shape index (κ2) is 7.13. The Morgan fingerprint density at radius 1 is 1.22 bits per heavy atom. The minimum absolute atomic E-state index is 0. The van der Waals surface area contributed by atoms with Gasteiger partial charge in [0.25, 0.3) is 0 Å². The molecule has 104 valence electrons. The van der Waals surface area contributed by atoms with Gasteiger partial charge in [-0.05, 0) is 49.5 Å². The highest BCUT2D eigenvalue weighted by Gasteiger charge is 2.18. The number of hydrogen-bond donors (Lipinski definition) is 1. The molecule has 2 nitrogen and oxygen atoms in total. The van der Waals surface area contributed by atoms with Gasteiger partial charge in [0.1, 0.15) is 0 Å².